The Hall–Kier alpha value is -1.10. The van der Waals surface area contributed by atoms with Crippen molar-refractivity contribution in [1.82, 2.24) is 0 Å². The van der Waals surface area contributed by atoms with Gasteiger partial charge in [0.25, 0.3) is 0 Å². The highest BCUT2D eigenvalue weighted by Crippen LogP contribution is 2.18. The van der Waals surface area contributed by atoms with Crippen LogP contribution in [0.25, 0.3) is 0 Å². The number of amides is 1. The minimum Gasteiger partial charge on any atom is -0.396 e. The van der Waals surface area contributed by atoms with Gasteiger partial charge in [0.2, 0.25) is 5.91 Å². The van der Waals surface area contributed by atoms with Gasteiger partial charge in [0.1, 0.15) is 0 Å². The minimum absolute atomic E-state index is 0. The summed E-state index contributed by atoms with van der Waals surface area (Å²) in [6, 6.07) is 7.39. The fraction of sp³-hybridized carbons (Fsp3) is 0.417. The van der Waals surface area contributed by atoms with Crippen LogP contribution in [0.15, 0.2) is 24.3 Å². The Morgan fingerprint density at radius 3 is 2.47 bits per heavy atom. The summed E-state index contributed by atoms with van der Waals surface area (Å²) in [6.45, 7) is 1.64. The molecule has 0 aromatic heterocycles. The Morgan fingerprint density at radius 1 is 1.41 bits per heavy atom. The zero-order chi connectivity index (χ0) is 12.0. The number of hydrogen-bond donors (Lipinski definition) is 3. The summed E-state index contributed by atoms with van der Waals surface area (Å²) in [6.07, 6.45) is 1.46. The van der Waals surface area contributed by atoms with Crippen molar-refractivity contribution in [3.8, 4) is 0 Å². The predicted octanol–water partition coefficient (Wildman–Crippen LogP) is 1.84. The first-order chi connectivity index (χ1) is 7.63. The van der Waals surface area contributed by atoms with E-state index < -0.39 is 0 Å². The van der Waals surface area contributed by atoms with Crippen LogP contribution in [0.2, 0.25) is 0 Å². The molecule has 1 atom stereocenters. The van der Waals surface area contributed by atoms with Gasteiger partial charge < -0.3 is 16.2 Å². The number of nitrogens with two attached hydrogens (primary N) is 1. The van der Waals surface area contributed by atoms with Crippen LogP contribution in [-0.2, 0) is 4.79 Å². The van der Waals surface area contributed by atoms with Crippen molar-refractivity contribution in [2.24, 2.45) is 5.73 Å². The van der Waals surface area contributed by atoms with E-state index in [0.717, 1.165) is 17.7 Å². The maximum Gasteiger partial charge on any atom is 0.221 e. The molecule has 0 fully saturated rings. The molecule has 4 nitrogen and oxygen atoms in total. The molecule has 0 unspecified atom stereocenters. The van der Waals surface area contributed by atoms with Gasteiger partial charge in [0, 0.05) is 25.3 Å². The van der Waals surface area contributed by atoms with E-state index in [0.29, 0.717) is 6.42 Å². The normalized spacial score (nSPS) is 11.5. The van der Waals surface area contributed by atoms with E-state index in [-0.39, 0.29) is 31.0 Å². The number of halogens is 1. The summed E-state index contributed by atoms with van der Waals surface area (Å²) in [7, 11) is 0. The number of nitrogens with one attached hydrogen (secondary N) is 1. The van der Waals surface area contributed by atoms with Gasteiger partial charge in [-0.25, -0.2) is 0 Å². The van der Waals surface area contributed by atoms with Crippen LogP contribution in [0.4, 0.5) is 5.69 Å². The molecule has 0 heterocycles. The fourth-order valence-electron chi connectivity index (χ4n) is 1.49. The van der Waals surface area contributed by atoms with E-state index in [1.54, 1.807) is 0 Å². The van der Waals surface area contributed by atoms with Crippen LogP contribution in [0, 0.1) is 0 Å². The number of anilines is 1. The third-order valence-electron chi connectivity index (χ3n) is 2.33. The second kappa shape index (κ2) is 8.06. The minimum atomic E-state index is -0.0858. The molecular weight excluding hydrogens is 240 g/mol. The first-order valence-corrected chi connectivity index (χ1v) is 5.37. The lowest BCUT2D eigenvalue weighted by molar-refractivity contribution is -0.114. The second-order valence-electron chi connectivity index (χ2n) is 3.78. The largest absolute Gasteiger partial charge is 0.396 e. The average Bonchev–Trinajstić information content (AvgIpc) is 2.26. The maximum atomic E-state index is 10.8. The lowest BCUT2D eigenvalue weighted by Gasteiger charge is -2.11. The van der Waals surface area contributed by atoms with Crippen molar-refractivity contribution < 1.29 is 9.90 Å². The van der Waals surface area contributed by atoms with Crippen LogP contribution >= 0.6 is 12.4 Å². The van der Waals surface area contributed by atoms with Gasteiger partial charge in [0.05, 0.1) is 0 Å². The Morgan fingerprint density at radius 2 is 2.00 bits per heavy atom. The lowest BCUT2D eigenvalue weighted by atomic mass is 10.0. The Kier molecular flexibility index (Phi) is 7.54. The molecular formula is C12H19ClN2O2. The van der Waals surface area contributed by atoms with Crippen molar-refractivity contribution in [1.29, 1.82) is 0 Å². The molecule has 1 rings (SSSR count). The van der Waals surface area contributed by atoms with Crippen molar-refractivity contribution in [3.05, 3.63) is 29.8 Å². The molecule has 0 aliphatic rings. The molecule has 0 aliphatic heterocycles. The first-order valence-electron chi connectivity index (χ1n) is 5.37. The Labute approximate surface area is 108 Å². The van der Waals surface area contributed by atoms with Gasteiger partial charge in [-0.15, -0.1) is 12.4 Å². The van der Waals surface area contributed by atoms with Gasteiger partial charge in [-0.05, 0) is 30.5 Å². The summed E-state index contributed by atoms with van der Waals surface area (Å²) in [5, 5.41) is 11.4. The Bertz CT molecular complexity index is 341. The van der Waals surface area contributed by atoms with Crippen molar-refractivity contribution in [2.45, 2.75) is 25.8 Å². The summed E-state index contributed by atoms with van der Waals surface area (Å²) in [5.41, 5.74) is 7.72. The molecule has 0 spiro atoms. The molecule has 0 aliphatic carbocycles. The highest BCUT2D eigenvalue weighted by atomic mass is 35.5. The lowest BCUT2D eigenvalue weighted by Crippen LogP contribution is -2.11. The number of aliphatic hydroxyl groups is 1. The highest BCUT2D eigenvalue weighted by Gasteiger charge is 2.05. The van der Waals surface area contributed by atoms with E-state index in [1.165, 1.54) is 6.92 Å². The number of carbonyl (C=O) groups is 1. The molecule has 0 radical (unpaired) electrons. The number of carbonyl (C=O) groups excluding carboxylic acids is 1. The summed E-state index contributed by atoms with van der Waals surface area (Å²) in [5.74, 6) is -0.0858. The molecule has 0 saturated heterocycles. The molecule has 0 bridgehead atoms. The molecule has 96 valence electrons. The zero-order valence-corrected chi connectivity index (χ0v) is 10.7. The van der Waals surface area contributed by atoms with Gasteiger partial charge in [-0.3, -0.25) is 4.79 Å². The SMILES string of the molecule is CC(=O)Nc1ccc([C@H](N)CCCO)cc1.Cl. The van der Waals surface area contributed by atoms with E-state index in [4.69, 9.17) is 10.8 Å². The molecule has 1 aromatic rings. The highest BCUT2D eigenvalue weighted by molar-refractivity contribution is 5.88. The molecule has 0 saturated carbocycles. The number of aliphatic hydroxyl groups excluding tert-OH is 1. The number of rotatable bonds is 5. The molecule has 5 heteroatoms. The second-order valence-corrected chi connectivity index (χ2v) is 3.78. The quantitative estimate of drug-likeness (QED) is 0.754. The zero-order valence-electron chi connectivity index (χ0n) is 9.85. The van der Waals surface area contributed by atoms with Gasteiger partial charge in [-0.2, -0.15) is 0 Å². The third kappa shape index (κ3) is 5.68. The van der Waals surface area contributed by atoms with E-state index in [1.807, 2.05) is 24.3 Å². The summed E-state index contributed by atoms with van der Waals surface area (Å²) < 4.78 is 0. The Balaban J connectivity index is 0.00000256. The maximum absolute atomic E-state index is 10.8. The van der Waals surface area contributed by atoms with E-state index >= 15 is 0 Å². The molecule has 4 N–H and O–H groups in total. The first kappa shape index (κ1) is 15.9. The smallest absolute Gasteiger partial charge is 0.221 e. The van der Waals surface area contributed by atoms with E-state index in [9.17, 15) is 4.79 Å². The summed E-state index contributed by atoms with van der Waals surface area (Å²) >= 11 is 0. The van der Waals surface area contributed by atoms with E-state index in [2.05, 4.69) is 5.32 Å². The fourth-order valence-corrected chi connectivity index (χ4v) is 1.49. The molecule has 17 heavy (non-hydrogen) atoms. The standard InChI is InChI=1S/C12H18N2O2.ClH/c1-9(16)14-11-6-4-10(5-7-11)12(13)3-2-8-15;/h4-7,12,15H,2-3,8,13H2,1H3,(H,14,16);1H/t12-;/m1./s1. The monoisotopic (exact) mass is 258 g/mol. The van der Waals surface area contributed by atoms with Crippen LogP contribution in [-0.4, -0.2) is 17.6 Å². The number of hydrogen-bond acceptors (Lipinski definition) is 3. The van der Waals surface area contributed by atoms with Crippen molar-refractivity contribution in [2.75, 3.05) is 11.9 Å². The number of benzene rings is 1. The van der Waals surface area contributed by atoms with Crippen LogP contribution < -0.4 is 11.1 Å². The van der Waals surface area contributed by atoms with Gasteiger partial charge in [-0.1, -0.05) is 12.1 Å². The topological polar surface area (TPSA) is 75.4 Å². The average molecular weight is 259 g/mol. The van der Waals surface area contributed by atoms with Crippen LogP contribution in [0.3, 0.4) is 0 Å². The molecule has 1 amide bonds. The van der Waals surface area contributed by atoms with Gasteiger partial charge in [0.15, 0.2) is 0 Å². The van der Waals surface area contributed by atoms with Crippen LogP contribution in [0.1, 0.15) is 31.4 Å². The van der Waals surface area contributed by atoms with Crippen LogP contribution in [0.5, 0.6) is 0 Å². The van der Waals surface area contributed by atoms with Gasteiger partial charge >= 0.3 is 0 Å². The third-order valence-corrected chi connectivity index (χ3v) is 2.33. The molecule has 1 aromatic carbocycles. The van der Waals surface area contributed by atoms with Crippen molar-refractivity contribution >= 4 is 24.0 Å². The summed E-state index contributed by atoms with van der Waals surface area (Å²) in [4.78, 5) is 10.8. The predicted molar refractivity (Wildman–Crippen MR) is 71.2 cm³/mol. The van der Waals surface area contributed by atoms with Crippen molar-refractivity contribution in [3.63, 3.8) is 0 Å².